The average Bonchev–Trinajstić information content (AvgIpc) is 3.17. The molecule has 1 amide bonds. The monoisotopic (exact) mass is 387 g/mol. The molecule has 1 atom stereocenters. The van der Waals surface area contributed by atoms with Crippen LogP contribution in [0.4, 0.5) is 5.69 Å². The summed E-state index contributed by atoms with van der Waals surface area (Å²) >= 11 is 0. The summed E-state index contributed by atoms with van der Waals surface area (Å²) in [6.45, 7) is 0.312. The van der Waals surface area contributed by atoms with Crippen molar-refractivity contribution in [3.8, 4) is 22.6 Å². The lowest BCUT2D eigenvalue weighted by Crippen LogP contribution is -2.27. The van der Waals surface area contributed by atoms with Crippen LogP contribution in [0.1, 0.15) is 6.42 Å². The van der Waals surface area contributed by atoms with Gasteiger partial charge in [0.15, 0.2) is 0 Å². The van der Waals surface area contributed by atoms with Crippen LogP contribution in [0.2, 0.25) is 0 Å². The third kappa shape index (κ3) is 4.14. The Bertz CT molecular complexity index is 997. The van der Waals surface area contributed by atoms with Gasteiger partial charge >= 0.3 is 5.97 Å². The van der Waals surface area contributed by atoms with Crippen LogP contribution in [0.15, 0.2) is 78.9 Å². The Morgan fingerprint density at radius 1 is 0.862 bits per heavy atom. The maximum absolute atomic E-state index is 12.6. The van der Waals surface area contributed by atoms with E-state index in [2.05, 4.69) is 0 Å². The molecule has 5 heteroatoms. The second-order valence-corrected chi connectivity index (χ2v) is 6.91. The van der Waals surface area contributed by atoms with Crippen LogP contribution in [0.25, 0.3) is 11.1 Å². The Morgan fingerprint density at radius 3 is 2.14 bits per heavy atom. The van der Waals surface area contributed by atoms with Gasteiger partial charge in [-0.25, -0.2) is 0 Å². The normalized spacial score (nSPS) is 16.0. The number of hydrogen-bond donors (Lipinski definition) is 0. The van der Waals surface area contributed by atoms with Gasteiger partial charge in [-0.3, -0.25) is 9.59 Å². The number of methoxy groups -OCH3 is 1. The first-order valence-corrected chi connectivity index (χ1v) is 9.45. The zero-order chi connectivity index (χ0) is 20.2. The molecule has 0 aromatic heterocycles. The molecule has 29 heavy (non-hydrogen) atoms. The second-order valence-electron chi connectivity index (χ2n) is 6.91. The SMILES string of the molecule is COc1ccc(N2C[C@H](C(=O)Oc3ccc(-c4ccccc4)cc3)CC2=O)cc1. The van der Waals surface area contributed by atoms with Gasteiger partial charge in [-0.05, 0) is 47.5 Å². The first kappa shape index (κ1) is 18.7. The molecule has 0 bridgehead atoms. The number of carbonyl (C=O) groups is 2. The number of amides is 1. The number of esters is 1. The zero-order valence-electron chi connectivity index (χ0n) is 16.1. The van der Waals surface area contributed by atoms with Crippen molar-refractivity contribution in [2.24, 2.45) is 5.92 Å². The number of nitrogens with zero attached hydrogens (tertiary/aromatic N) is 1. The van der Waals surface area contributed by atoms with Gasteiger partial charge in [0, 0.05) is 18.7 Å². The van der Waals surface area contributed by atoms with Gasteiger partial charge in [0.05, 0.1) is 13.0 Å². The maximum Gasteiger partial charge on any atom is 0.316 e. The number of hydrogen-bond acceptors (Lipinski definition) is 4. The summed E-state index contributed by atoms with van der Waals surface area (Å²) in [5, 5.41) is 0. The van der Waals surface area contributed by atoms with Crippen molar-refractivity contribution in [3.63, 3.8) is 0 Å². The van der Waals surface area contributed by atoms with Gasteiger partial charge in [-0.15, -0.1) is 0 Å². The highest BCUT2D eigenvalue weighted by molar-refractivity contribution is 5.99. The highest BCUT2D eigenvalue weighted by Gasteiger charge is 2.36. The number of ether oxygens (including phenoxy) is 2. The van der Waals surface area contributed by atoms with Crippen LogP contribution in [0, 0.1) is 5.92 Å². The Morgan fingerprint density at radius 2 is 1.48 bits per heavy atom. The summed E-state index contributed by atoms with van der Waals surface area (Å²) in [5.41, 5.74) is 2.90. The Balaban J connectivity index is 1.40. The Hall–Kier alpha value is -3.60. The second kappa shape index (κ2) is 8.19. The van der Waals surface area contributed by atoms with Gasteiger partial charge in [-0.2, -0.15) is 0 Å². The smallest absolute Gasteiger partial charge is 0.316 e. The fourth-order valence-electron chi connectivity index (χ4n) is 3.42. The molecule has 5 nitrogen and oxygen atoms in total. The van der Waals surface area contributed by atoms with Gasteiger partial charge in [-0.1, -0.05) is 42.5 Å². The molecule has 3 aromatic carbocycles. The predicted molar refractivity (Wildman–Crippen MR) is 111 cm³/mol. The van der Waals surface area contributed by atoms with Crippen molar-refractivity contribution in [3.05, 3.63) is 78.9 Å². The molecule has 4 rings (SSSR count). The van der Waals surface area contributed by atoms with E-state index in [-0.39, 0.29) is 18.3 Å². The molecular weight excluding hydrogens is 366 g/mol. The van der Waals surface area contributed by atoms with E-state index >= 15 is 0 Å². The molecule has 0 aliphatic carbocycles. The van der Waals surface area contributed by atoms with E-state index in [1.807, 2.05) is 54.6 Å². The topological polar surface area (TPSA) is 55.8 Å². The summed E-state index contributed by atoms with van der Waals surface area (Å²) in [4.78, 5) is 26.6. The van der Waals surface area contributed by atoms with Crippen molar-refractivity contribution < 1.29 is 19.1 Å². The van der Waals surface area contributed by atoms with Crippen LogP contribution in [-0.2, 0) is 9.59 Å². The van der Waals surface area contributed by atoms with Crippen LogP contribution in [0.5, 0.6) is 11.5 Å². The minimum Gasteiger partial charge on any atom is -0.497 e. The molecular formula is C24H21NO4. The highest BCUT2D eigenvalue weighted by atomic mass is 16.5. The lowest BCUT2D eigenvalue weighted by molar-refractivity contribution is -0.139. The standard InChI is InChI=1S/C24H21NO4/c1-28-21-13-9-20(10-14-21)25-16-19(15-23(25)26)24(27)29-22-11-7-18(8-12-22)17-5-3-2-4-6-17/h2-14,19H,15-16H2,1H3/t19-/m1/s1. The van der Waals surface area contributed by atoms with Crippen molar-refractivity contribution in [2.75, 3.05) is 18.6 Å². The Kier molecular flexibility index (Phi) is 5.29. The van der Waals surface area contributed by atoms with Gasteiger partial charge < -0.3 is 14.4 Å². The third-order valence-corrected chi connectivity index (χ3v) is 5.02. The lowest BCUT2D eigenvalue weighted by Gasteiger charge is -2.17. The number of carbonyl (C=O) groups excluding carboxylic acids is 2. The van der Waals surface area contributed by atoms with Gasteiger partial charge in [0.25, 0.3) is 0 Å². The predicted octanol–water partition coefficient (Wildman–Crippen LogP) is 4.32. The molecule has 0 N–H and O–H groups in total. The summed E-state index contributed by atoms with van der Waals surface area (Å²) < 4.78 is 10.7. The van der Waals surface area contributed by atoms with Crippen molar-refractivity contribution in [1.29, 1.82) is 0 Å². The first-order chi connectivity index (χ1) is 14.1. The van der Waals surface area contributed by atoms with E-state index in [0.717, 1.165) is 22.6 Å². The summed E-state index contributed by atoms with van der Waals surface area (Å²) in [6.07, 6.45) is 0.146. The fourth-order valence-corrected chi connectivity index (χ4v) is 3.42. The molecule has 1 aliphatic rings. The molecule has 0 spiro atoms. The van der Waals surface area contributed by atoms with Gasteiger partial charge in [0.2, 0.25) is 5.91 Å². The Labute approximate surface area is 169 Å². The van der Waals surface area contributed by atoms with E-state index < -0.39 is 5.92 Å². The molecule has 0 saturated carbocycles. The summed E-state index contributed by atoms with van der Waals surface area (Å²) in [5.74, 6) is 0.233. The molecule has 1 heterocycles. The van der Waals surface area contributed by atoms with Crippen LogP contribution >= 0.6 is 0 Å². The minimum absolute atomic E-state index is 0.0865. The first-order valence-electron chi connectivity index (χ1n) is 9.45. The van der Waals surface area contributed by atoms with E-state index in [0.29, 0.717) is 12.3 Å². The van der Waals surface area contributed by atoms with E-state index in [1.165, 1.54) is 0 Å². The third-order valence-electron chi connectivity index (χ3n) is 5.02. The largest absolute Gasteiger partial charge is 0.497 e. The number of anilines is 1. The van der Waals surface area contributed by atoms with Crippen LogP contribution in [-0.4, -0.2) is 25.5 Å². The zero-order valence-corrected chi connectivity index (χ0v) is 16.1. The van der Waals surface area contributed by atoms with Crippen LogP contribution < -0.4 is 14.4 Å². The van der Waals surface area contributed by atoms with E-state index in [4.69, 9.17) is 9.47 Å². The summed E-state index contributed by atoms with van der Waals surface area (Å²) in [6, 6.07) is 24.6. The molecule has 0 radical (unpaired) electrons. The molecule has 0 unspecified atom stereocenters. The van der Waals surface area contributed by atoms with Gasteiger partial charge in [0.1, 0.15) is 11.5 Å². The van der Waals surface area contributed by atoms with Crippen LogP contribution in [0.3, 0.4) is 0 Å². The highest BCUT2D eigenvalue weighted by Crippen LogP contribution is 2.28. The van der Waals surface area contributed by atoms with Crippen molar-refractivity contribution in [1.82, 2.24) is 0 Å². The van der Waals surface area contributed by atoms with Crippen molar-refractivity contribution in [2.45, 2.75) is 6.42 Å². The molecule has 1 fully saturated rings. The van der Waals surface area contributed by atoms with E-state index in [9.17, 15) is 9.59 Å². The fraction of sp³-hybridized carbons (Fsp3) is 0.167. The van der Waals surface area contributed by atoms with Crippen molar-refractivity contribution >= 4 is 17.6 Å². The average molecular weight is 387 g/mol. The molecule has 146 valence electrons. The molecule has 1 saturated heterocycles. The number of benzene rings is 3. The number of rotatable bonds is 5. The minimum atomic E-state index is -0.488. The maximum atomic E-state index is 12.6. The molecule has 1 aliphatic heterocycles. The summed E-state index contributed by atoms with van der Waals surface area (Å²) in [7, 11) is 1.59. The van der Waals surface area contributed by atoms with E-state index in [1.54, 1.807) is 36.3 Å². The quantitative estimate of drug-likeness (QED) is 0.483. The lowest BCUT2D eigenvalue weighted by atomic mass is 10.1. The molecule has 3 aromatic rings.